The fourth-order valence-corrected chi connectivity index (χ4v) is 2.27. The molecule has 0 amide bonds. The quantitative estimate of drug-likeness (QED) is 0.282. The minimum absolute atomic E-state index is 0.0269. The Hall–Kier alpha value is -2.75. The molecule has 0 aromatic carbocycles. The van der Waals surface area contributed by atoms with Crippen LogP contribution in [0.15, 0.2) is 28.9 Å². The highest BCUT2D eigenvalue weighted by Crippen LogP contribution is 2.16. The molecule has 0 saturated heterocycles. The zero-order valence-corrected chi connectivity index (χ0v) is 12.4. The molecule has 0 aliphatic rings. The average Bonchev–Trinajstić information content (AvgIpc) is 3.12. The summed E-state index contributed by atoms with van der Waals surface area (Å²) in [6, 6.07) is 3.56. The lowest BCUT2D eigenvalue weighted by Crippen LogP contribution is -2.15. The number of aryl methyl sites for hydroxylation is 1. The maximum atomic E-state index is 11.6. The summed E-state index contributed by atoms with van der Waals surface area (Å²) < 4.78 is 1.37. The molecule has 0 aliphatic heterocycles. The Morgan fingerprint density at radius 2 is 2.41 bits per heavy atom. The first kappa shape index (κ1) is 15.6. The molecule has 2 rings (SSSR count). The lowest BCUT2D eigenvalue weighted by Gasteiger charge is -2.02. The summed E-state index contributed by atoms with van der Waals surface area (Å²) in [5, 5.41) is 19.9. The van der Waals surface area contributed by atoms with Crippen LogP contribution in [0, 0.1) is 17.0 Å². The second kappa shape index (κ2) is 6.80. The number of carbonyl (C=O) groups is 1. The third kappa shape index (κ3) is 3.67. The highest BCUT2D eigenvalue weighted by Gasteiger charge is 2.17. The van der Waals surface area contributed by atoms with E-state index in [0.717, 1.165) is 6.20 Å². The van der Waals surface area contributed by atoms with Crippen LogP contribution in [0.3, 0.4) is 0 Å². The zero-order valence-electron chi connectivity index (χ0n) is 11.6. The number of carbonyl (C=O) groups excluding carboxylic acids is 1. The van der Waals surface area contributed by atoms with E-state index in [4.69, 9.17) is 10.6 Å². The van der Waals surface area contributed by atoms with Crippen molar-refractivity contribution in [2.75, 3.05) is 0 Å². The number of hydrogen-bond acceptors (Lipinski definition) is 7. The van der Waals surface area contributed by atoms with Gasteiger partial charge in [-0.1, -0.05) is 11.2 Å². The number of thiophene rings is 1. The van der Waals surface area contributed by atoms with E-state index in [9.17, 15) is 14.9 Å². The van der Waals surface area contributed by atoms with Crippen molar-refractivity contribution < 1.29 is 14.6 Å². The van der Waals surface area contributed by atoms with Gasteiger partial charge in [0.05, 0.1) is 22.8 Å². The highest BCUT2D eigenvalue weighted by atomic mass is 32.1. The largest absolute Gasteiger partial charge is 0.380 e. The number of hydrogen-bond donors (Lipinski definition) is 1. The van der Waals surface area contributed by atoms with Crippen LogP contribution in [-0.4, -0.2) is 26.5 Å². The van der Waals surface area contributed by atoms with Gasteiger partial charge in [0.1, 0.15) is 11.9 Å². The molecule has 116 valence electrons. The van der Waals surface area contributed by atoms with Gasteiger partial charge in [0, 0.05) is 0 Å². The predicted molar refractivity (Wildman–Crippen MR) is 79.4 cm³/mol. The van der Waals surface area contributed by atoms with E-state index in [-0.39, 0.29) is 24.5 Å². The second-order valence-corrected chi connectivity index (χ2v) is 5.21. The van der Waals surface area contributed by atoms with Gasteiger partial charge in [-0.3, -0.25) is 14.8 Å². The topological polar surface area (TPSA) is 126 Å². The summed E-state index contributed by atoms with van der Waals surface area (Å²) in [6.45, 7) is 1.72. The molecule has 2 aromatic rings. The monoisotopic (exact) mass is 323 g/mol. The molecule has 0 unspecified atom stereocenters. The van der Waals surface area contributed by atoms with Crippen molar-refractivity contribution >= 4 is 28.8 Å². The first-order valence-corrected chi connectivity index (χ1v) is 7.11. The van der Waals surface area contributed by atoms with Crippen molar-refractivity contribution in [1.29, 1.82) is 0 Å². The van der Waals surface area contributed by atoms with Crippen LogP contribution in [0.1, 0.15) is 17.0 Å². The van der Waals surface area contributed by atoms with Gasteiger partial charge in [0.15, 0.2) is 5.84 Å². The van der Waals surface area contributed by atoms with Crippen LogP contribution in [-0.2, 0) is 16.2 Å². The van der Waals surface area contributed by atoms with Gasteiger partial charge in [-0.2, -0.15) is 5.10 Å². The summed E-state index contributed by atoms with van der Waals surface area (Å²) in [5.74, 6) is -0.480. The van der Waals surface area contributed by atoms with Gasteiger partial charge in [0.2, 0.25) is 0 Å². The van der Waals surface area contributed by atoms with Crippen molar-refractivity contribution in [3.8, 4) is 0 Å². The molecule has 0 fully saturated rings. The predicted octanol–water partition coefficient (Wildman–Crippen LogP) is 1.42. The number of nitro groups is 1. The molecule has 22 heavy (non-hydrogen) atoms. The van der Waals surface area contributed by atoms with E-state index < -0.39 is 10.9 Å². The molecule has 2 N–H and O–H groups in total. The number of oxime groups is 1. The van der Waals surface area contributed by atoms with Crippen molar-refractivity contribution in [2.45, 2.75) is 19.9 Å². The lowest BCUT2D eigenvalue weighted by molar-refractivity contribution is -0.385. The summed E-state index contributed by atoms with van der Waals surface area (Å²) in [6.07, 6.45) is 1.12. The van der Waals surface area contributed by atoms with Gasteiger partial charge in [-0.15, -0.1) is 11.3 Å². The second-order valence-electron chi connectivity index (χ2n) is 4.26. The molecule has 9 nitrogen and oxygen atoms in total. The smallest absolute Gasteiger partial charge is 0.336 e. The van der Waals surface area contributed by atoms with Crippen LogP contribution in [0.5, 0.6) is 0 Å². The van der Waals surface area contributed by atoms with Gasteiger partial charge in [-0.25, -0.2) is 4.79 Å². The maximum Gasteiger partial charge on any atom is 0.336 e. The Balaban J connectivity index is 1.88. The van der Waals surface area contributed by atoms with Crippen molar-refractivity contribution in [2.24, 2.45) is 10.9 Å². The van der Waals surface area contributed by atoms with E-state index in [0.29, 0.717) is 10.6 Å². The third-order valence-corrected chi connectivity index (χ3v) is 3.71. The molecular formula is C12H13N5O4S. The van der Waals surface area contributed by atoms with E-state index in [1.165, 1.54) is 16.0 Å². The molecule has 0 bridgehead atoms. The van der Waals surface area contributed by atoms with Gasteiger partial charge < -0.3 is 10.6 Å². The molecule has 0 atom stereocenters. The number of rotatable bonds is 6. The molecule has 2 heterocycles. The molecule has 0 spiro atoms. The summed E-state index contributed by atoms with van der Waals surface area (Å²) in [5.41, 5.74) is 5.93. The Bertz CT molecular complexity index is 707. The minimum atomic E-state index is -0.600. The Kier molecular flexibility index (Phi) is 4.84. The van der Waals surface area contributed by atoms with Gasteiger partial charge in [0.25, 0.3) is 0 Å². The first-order chi connectivity index (χ1) is 10.5. The van der Waals surface area contributed by atoms with E-state index in [1.807, 2.05) is 5.38 Å². The van der Waals surface area contributed by atoms with Crippen LogP contribution in [0.2, 0.25) is 0 Å². The fraction of sp³-hybridized carbons (Fsp3) is 0.250. The van der Waals surface area contributed by atoms with Crippen molar-refractivity contribution in [3.05, 3.63) is 44.4 Å². The summed E-state index contributed by atoms with van der Waals surface area (Å²) >= 11 is 1.38. The SMILES string of the molecule is Cc1c([N+](=O)[O-])cnn1CCC(=O)O/N=C(\N)c1cccs1. The zero-order chi connectivity index (χ0) is 16.1. The Labute approximate surface area is 129 Å². The Morgan fingerprint density at radius 3 is 3.00 bits per heavy atom. The van der Waals surface area contributed by atoms with Crippen LogP contribution in [0.25, 0.3) is 0 Å². The molecule has 0 aliphatic carbocycles. The third-order valence-electron chi connectivity index (χ3n) is 2.82. The molecule has 10 heteroatoms. The standard InChI is InChI=1S/C12H13N5O4S/c1-8-9(17(19)20)7-14-16(8)5-4-11(18)21-15-12(13)10-3-2-6-22-10/h2-3,6-7H,4-5H2,1H3,(H2,13,15). The van der Waals surface area contributed by atoms with E-state index in [2.05, 4.69) is 10.3 Å². The summed E-state index contributed by atoms with van der Waals surface area (Å²) in [4.78, 5) is 27.2. The van der Waals surface area contributed by atoms with Crippen molar-refractivity contribution in [1.82, 2.24) is 9.78 Å². The maximum absolute atomic E-state index is 11.6. The molecular weight excluding hydrogens is 310 g/mol. The lowest BCUT2D eigenvalue weighted by atomic mass is 10.4. The molecule has 0 radical (unpaired) electrons. The van der Waals surface area contributed by atoms with Crippen molar-refractivity contribution in [3.63, 3.8) is 0 Å². The number of amidine groups is 1. The van der Waals surface area contributed by atoms with E-state index >= 15 is 0 Å². The average molecular weight is 323 g/mol. The Morgan fingerprint density at radius 1 is 1.64 bits per heavy atom. The first-order valence-electron chi connectivity index (χ1n) is 6.23. The molecule has 2 aromatic heterocycles. The number of nitrogens with two attached hydrogens (primary N) is 1. The fourth-order valence-electron chi connectivity index (χ4n) is 1.65. The normalized spacial score (nSPS) is 11.4. The van der Waals surface area contributed by atoms with E-state index in [1.54, 1.807) is 19.1 Å². The molecule has 0 saturated carbocycles. The number of nitrogens with zero attached hydrogens (tertiary/aromatic N) is 4. The highest BCUT2D eigenvalue weighted by molar-refractivity contribution is 7.12. The summed E-state index contributed by atoms with van der Waals surface area (Å²) in [7, 11) is 0. The minimum Gasteiger partial charge on any atom is -0.380 e. The number of aromatic nitrogens is 2. The van der Waals surface area contributed by atoms with Gasteiger partial charge in [-0.05, 0) is 18.4 Å². The van der Waals surface area contributed by atoms with Gasteiger partial charge >= 0.3 is 11.7 Å². The van der Waals surface area contributed by atoms with Crippen LogP contribution in [0.4, 0.5) is 5.69 Å². The van der Waals surface area contributed by atoms with Crippen LogP contribution >= 0.6 is 11.3 Å². The van der Waals surface area contributed by atoms with Crippen LogP contribution < -0.4 is 5.73 Å².